The van der Waals surface area contributed by atoms with Crippen molar-refractivity contribution in [2.45, 2.75) is 19.0 Å². The van der Waals surface area contributed by atoms with Crippen LogP contribution in [-0.2, 0) is 4.79 Å². The lowest BCUT2D eigenvalue weighted by atomic mass is 10.0. The zero-order chi connectivity index (χ0) is 13.0. The first-order valence-corrected chi connectivity index (χ1v) is 5.91. The van der Waals surface area contributed by atoms with E-state index in [1.807, 2.05) is 47.8 Å². The molecule has 0 saturated heterocycles. The molecule has 0 aliphatic heterocycles. The van der Waals surface area contributed by atoms with Crippen LogP contribution in [-0.4, -0.2) is 11.9 Å². The number of quaternary nitrogens is 1. The van der Waals surface area contributed by atoms with Crippen LogP contribution < -0.4 is 11.1 Å². The molecule has 18 heavy (non-hydrogen) atoms. The minimum Gasteiger partial charge on any atom is -0.463 e. The van der Waals surface area contributed by atoms with Crippen LogP contribution in [0, 0.1) is 0 Å². The van der Waals surface area contributed by atoms with Gasteiger partial charge < -0.3 is 15.5 Å². The quantitative estimate of drug-likeness (QED) is 0.818. The van der Waals surface area contributed by atoms with E-state index in [9.17, 15) is 4.79 Å². The summed E-state index contributed by atoms with van der Waals surface area (Å²) in [5, 5.41) is 1.91. The predicted molar refractivity (Wildman–Crippen MR) is 67.6 cm³/mol. The zero-order valence-corrected chi connectivity index (χ0v) is 10.2. The molecule has 0 aliphatic carbocycles. The molecule has 2 aromatic rings. The molecule has 4 heteroatoms. The topological polar surface area (TPSA) is 72.8 Å². The number of hydrogen-bond donors (Lipinski definition) is 2. The number of benzene rings is 1. The summed E-state index contributed by atoms with van der Waals surface area (Å²) < 4.78 is 5.45. The fourth-order valence-corrected chi connectivity index (χ4v) is 1.88. The van der Waals surface area contributed by atoms with Crippen LogP contribution in [0.25, 0.3) is 0 Å². The van der Waals surface area contributed by atoms with Gasteiger partial charge in [-0.1, -0.05) is 30.3 Å². The van der Waals surface area contributed by atoms with Crippen molar-refractivity contribution >= 4 is 5.91 Å². The molecule has 0 fully saturated rings. The van der Waals surface area contributed by atoms with Crippen molar-refractivity contribution in [1.82, 2.24) is 0 Å². The van der Waals surface area contributed by atoms with E-state index in [1.54, 1.807) is 13.2 Å². The first-order chi connectivity index (χ1) is 8.68. The molecule has 2 rings (SSSR count). The Bertz CT molecular complexity index is 494. The number of rotatable bonds is 5. The van der Waals surface area contributed by atoms with Gasteiger partial charge in [0.15, 0.2) is 17.8 Å². The summed E-state index contributed by atoms with van der Waals surface area (Å²) >= 11 is 0. The molecule has 0 unspecified atom stereocenters. The SMILES string of the molecule is C[C@@H]([NH2+][C@H](c1ccccc1)c1ccco1)C(N)=O. The monoisotopic (exact) mass is 245 g/mol. The van der Waals surface area contributed by atoms with Gasteiger partial charge in [0, 0.05) is 5.56 Å². The summed E-state index contributed by atoms with van der Waals surface area (Å²) in [5.74, 6) is 0.483. The Hall–Kier alpha value is -2.07. The van der Waals surface area contributed by atoms with E-state index >= 15 is 0 Å². The molecule has 1 heterocycles. The minimum absolute atomic E-state index is 0.0521. The molecule has 4 N–H and O–H groups in total. The second-order valence-electron chi connectivity index (χ2n) is 4.29. The van der Waals surface area contributed by atoms with E-state index in [4.69, 9.17) is 10.2 Å². The summed E-state index contributed by atoms with van der Waals surface area (Å²) in [4.78, 5) is 11.2. The van der Waals surface area contributed by atoms with Gasteiger partial charge in [0.1, 0.15) is 0 Å². The Labute approximate surface area is 106 Å². The maximum atomic E-state index is 11.2. The smallest absolute Gasteiger partial charge is 0.275 e. The lowest BCUT2D eigenvalue weighted by molar-refractivity contribution is -0.706. The van der Waals surface area contributed by atoms with Gasteiger partial charge in [0.2, 0.25) is 0 Å². The first-order valence-electron chi connectivity index (χ1n) is 5.91. The molecule has 0 bridgehead atoms. The highest BCUT2D eigenvalue weighted by Gasteiger charge is 2.25. The van der Waals surface area contributed by atoms with Gasteiger partial charge in [-0.15, -0.1) is 0 Å². The molecule has 0 radical (unpaired) electrons. The fraction of sp³-hybridized carbons (Fsp3) is 0.214. The van der Waals surface area contributed by atoms with E-state index in [-0.39, 0.29) is 18.0 Å². The van der Waals surface area contributed by atoms with Crippen LogP contribution >= 0.6 is 0 Å². The molecule has 1 amide bonds. The minimum atomic E-state index is -0.331. The van der Waals surface area contributed by atoms with Crippen LogP contribution in [0.5, 0.6) is 0 Å². The molecule has 0 saturated carbocycles. The van der Waals surface area contributed by atoms with Gasteiger partial charge in [-0.25, -0.2) is 0 Å². The van der Waals surface area contributed by atoms with Crippen molar-refractivity contribution in [3.63, 3.8) is 0 Å². The van der Waals surface area contributed by atoms with Crippen LogP contribution in [0.1, 0.15) is 24.3 Å². The van der Waals surface area contributed by atoms with Crippen molar-refractivity contribution in [3.8, 4) is 0 Å². The summed E-state index contributed by atoms with van der Waals surface area (Å²) in [6, 6.07) is 13.3. The second-order valence-corrected chi connectivity index (χ2v) is 4.29. The molecule has 0 aliphatic rings. The normalized spacial score (nSPS) is 14.1. The first kappa shape index (κ1) is 12.4. The fourth-order valence-electron chi connectivity index (χ4n) is 1.88. The number of nitrogens with two attached hydrogens (primary N) is 2. The largest absolute Gasteiger partial charge is 0.463 e. The van der Waals surface area contributed by atoms with E-state index in [2.05, 4.69) is 0 Å². The number of carbonyl (C=O) groups is 1. The predicted octanol–water partition coefficient (Wildman–Crippen LogP) is 0.806. The lowest BCUT2D eigenvalue weighted by Crippen LogP contribution is -2.92. The maximum absolute atomic E-state index is 11.2. The highest BCUT2D eigenvalue weighted by atomic mass is 16.3. The van der Waals surface area contributed by atoms with Gasteiger partial charge in [0.05, 0.1) is 6.26 Å². The van der Waals surface area contributed by atoms with E-state index in [1.165, 1.54) is 0 Å². The van der Waals surface area contributed by atoms with Gasteiger partial charge >= 0.3 is 0 Å². The average Bonchev–Trinajstić information content (AvgIpc) is 2.90. The number of furan rings is 1. The van der Waals surface area contributed by atoms with Gasteiger partial charge in [-0.2, -0.15) is 0 Å². The molecule has 2 atom stereocenters. The van der Waals surface area contributed by atoms with Crippen LogP contribution in [0.3, 0.4) is 0 Å². The standard InChI is InChI=1S/C14H16N2O2/c1-10(14(15)17)16-13(12-8-5-9-18-12)11-6-3-2-4-7-11/h2-10,13,16H,1H3,(H2,15,17)/p+1/t10-,13-/m1/s1. The molecule has 94 valence electrons. The maximum Gasteiger partial charge on any atom is 0.275 e. The lowest BCUT2D eigenvalue weighted by Gasteiger charge is -2.16. The third kappa shape index (κ3) is 2.78. The molecular formula is C14H17N2O2+. The third-order valence-corrected chi connectivity index (χ3v) is 2.94. The van der Waals surface area contributed by atoms with Crippen molar-refractivity contribution in [2.24, 2.45) is 5.73 Å². The van der Waals surface area contributed by atoms with Crippen molar-refractivity contribution in [3.05, 3.63) is 60.1 Å². The second kappa shape index (κ2) is 5.51. The Morgan fingerprint density at radius 2 is 1.94 bits per heavy atom. The number of hydrogen-bond acceptors (Lipinski definition) is 2. The number of primary amides is 1. The van der Waals surface area contributed by atoms with Gasteiger partial charge in [-0.05, 0) is 19.1 Å². The Morgan fingerprint density at radius 3 is 2.50 bits per heavy atom. The summed E-state index contributed by atoms with van der Waals surface area (Å²) in [7, 11) is 0. The van der Waals surface area contributed by atoms with Crippen molar-refractivity contribution in [2.75, 3.05) is 0 Å². The molecule has 1 aromatic heterocycles. The highest BCUT2D eigenvalue weighted by molar-refractivity contribution is 5.77. The summed E-state index contributed by atoms with van der Waals surface area (Å²) in [6.07, 6.45) is 1.63. The van der Waals surface area contributed by atoms with Crippen molar-refractivity contribution in [1.29, 1.82) is 0 Å². The Morgan fingerprint density at radius 1 is 1.22 bits per heavy atom. The average molecular weight is 245 g/mol. The molecule has 0 spiro atoms. The number of carbonyl (C=O) groups excluding carboxylic acids is 1. The van der Waals surface area contributed by atoms with Gasteiger partial charge in [0.25, 0.3) is 5.91 Å². The Balaban J connectivity index is 2.27. The molecular weight excluding hydrogens is 228 g/mol. The van der Waals surface area contributed by atoms with E-state index in [0.29, 0.717) is 0 Å². The third-order valence-electron chi connectivity index (χ3n) is 2.94. The molecule has 1 aromatic carbocycles. The molecule has 4 nitrogen and oxygen atoms in total. The van der Waals surface area contributed by atoms with Crippen molar-refractivity contribution < 1.29 is 14.5 Å². The van der Waals surface area contributed by atoms with Gasteiger partial charge in [-0.3, -0.25) is 4.79 Å². The highest BCUT2D eigenvalue weighted by Crippen LogP contribution is 2.18. The summed E-state index contributed by atoms with van der Waals surface area (Å²) in [6.45, 7) is 1.79. The van der Waals surface area contributed by atoms with Crippen LogP contribution in [0.15, 0.2) is 53.1 Å². The van der Waals surface area contributed by atoms with Crippen LogP contribution in [0.4, 0.5) is 0 Å². The van der Waals surface area contributed by atoms with Crippen LogP contribution in [0.2, 0.25) is 0 Å². The zero-order valence-electron chi connectivity index (χ0n) is 10.2. The van der Waals surface area contributed by atoms with E-state index in [0.717, 1.165) is 11.3 Å². The van der Waals surface area contributed by atoms with E-state index < -0.39 is 0 Å². The number of amides is 1. The Kier molecular flexibility index (Phi) is 3.79. The summed E-state index contributed by atoms with van der Waals surface area (Å²) in [5.41, 5.74) is 6.40.